The minimum Gasteiger partial charge on any atom is -0.356 e. The van der Waals surface area contributed by atoms with Crippen molar-refractivity contribution in [2.45, 2.75) is 40.0 Å². The Balaban J connectivity index is 2.18. The molecule has 2 atom stereocenters. The lowest BCUT2D eigenvalue weighted by Gasteiger charge is -2.07. The fourth-order valence-corrected chi connectivity index (χ4v) is 1.73. The van der Waals surface area contributed by atoms with Crippen LogP contribution in [0, 0.1) is 17.8 Å². The normalized spacial score (nSPS) is 22.4. The molecule has 1 aliphatic carbocycles. The quantitative estimate of drug-likeness (QED) is 0.659. The van der Waals surface area contributed by atoms with Gasteiger partial charge in [-0.3, -0.25) is 9.59 Å². The third-order valence-electron chi connectivity index (χ3n) is 2.98. The molecule has 0 radical (unpaired) electrons. The minimum atomic E-state index is -0.0876. The number of carbonyl (C=O) groups is 2. The molecule has 0 aromatic rings. The first-order valence-electron chi connectivity index (χ1n) is 6.61. The van der Waals surface area contributed by atoms with Crippen molar-refractivity contribution in [3.05, 3.63) is 0 Å². The summed E-state index contributed by atoms with van der Waals surface area (Å²) in [6, 6.07) is 0. The second-order valence-electron chi connectivity index (χ2n) is 5.23. The van der Waals surface area contributed by atoms with E-state index in [1.54, 1.807) is 0 Å². The molecule has 1 aliphatic rings. The molecule has 0 aliphatic heterocycles. The minimum absolute atomic E-state index is 0.0364. The summed E-state index contributed by atoms with van der Waals surface area (Å²) >= 11 is 0. The molecular formula is C13H24N2O2. The van der Waals surface area contributed by atoms with Crippen LogP contribution in [-0.2, 0) is 9.59 Å². The third kappa shape index (κ3) is 4.75. The molecular weight excluding hydrogens is 216 g/mol. The van der Waals surface area contributed by atoms with Gasteiger partial charge in [-0.1, -0.05) is 27.2 Å². The van der Waals surface area contributed by atoms with Crippen LogP contribution >= 0.6 is 0 Å². The number of nitrogens with one attached hydrogen (secondary N) is 2. The molecule has 1 saturated carbocycles. The summed E-state index contributed by atoms with van der Waals surface area (Å²) in [6.45, 7) is 7.63. The van der Waals surface area contributed by atoms with Gasteiger partial charge in [-0.2, -0.15) is 0 Å². The molecule has 2 amide bonds. The lowest BCUT2D eigenvalue weighted by molar-refractivity contribution is -0.127. The average Bonchev–Trinajstić information content (AvgIpc) is 3.06. The smallest absolute Gasteiger partial charge is 0.223 e. The van der Waals surface area contributed by atoms with Crippen molar-refractivity contribution in [2.75, 3.05) is 13.1 Å². The molecule has 2 unspecified atom stereocenters. The summed E-state index contributed by atoms with van der Waals surface area (Å²) in [6.07, 6.45) is 2.79. The van der Waals surface area contributed by atoms with Gasteiger partial charge < -0.3 is 10.6 Å². The SMILES string of the molecule is CCCCNC(=O)C1CC1C(=O)NCC(C)C. The summed E-state index contributed by atoms with van der Waals surface area (Å²) in [5.41, 5.74) is 0. The maximum Gasteiger partial charge on any atom is 0.223 e. The van der Waals surface area contributed by atoms with E-state index in [9.17, 15) is 9.59 Å². The van der Waals surface area contributed by atoms with Gasteiger partial charge in [0.25, 0.3) is 0 Å². The van der Waals surface area contributed by atoms with E-state index in [4.69, 9.17) is 0 Å². The second-order valence-corrected chi connectivity index (χ2v) is 5.23. The highest BCUT2D eigenvalue weighted by Crippen LogP contribution is 2.38. The Hall–Kier alpha value is -1.06. The molecule has 0 aromatic carbocycles. The van der Waals surface area contributed by atoms with Gasteiger partial charge in [-0.25, -0.2) is 0 Å². The van der Waals surface area contributed by atoms with Gasteiger partial charge in [-0.05, 0) is 18.8 Å². The largest absolute Gasteiger partial charge is 0.356 e. The predicted molar refractivity (Wildman–Crippen MR) is 67.4 cm³/mol. The van der Waals surface area contributed by atoms with Crippen LogP contribution < -0.4 is 10.6 Å². The number of unbranched alkanes of at least 4 members (excludes halogenated alkanes) is 1. The van der Waals surface area contributed by atoms with Gasteiger partial charge in [0.1, 0.15) is 0 Å². The van der Waals surface area contributed by atoms with Crippen LogP contribution in [0.1, 0.15) is 40.0 Å². The zero-order valence-electron chi connectivity index (χ0n) is 11.1. The molecule has 17 heavy (non-hydrogen) atoms. The van der Waals surface area contributed by atoms with Crippen molar-refractivity contribution in [2.24, 2.45) is 17.8 Å². The van der Waals surface area contributed by atoms with Crippen molar-refractivity contribution in [1.29, 1.82) is 0 Å². The molecule has 0 bridgehead atoms. The monoisotopic (exact) mass is 240 g/mol. The van der Waals surface area contributed by atoms with Crippen molar-refractivity contribution in [1.82, 2.24) is 10.6 Å². The maximum absolute atomic E-state index is 11.7. The van der Waals surface area contributed by atoms with E-state index in [1.807, 2.05) is 0 Å². The Bertz CT molecular complexity index is 277. The Morgan fingerprint density at radius 2 is 1.76 bits per heavy atom. The average molecular weight is 240 g/mol. The maximum atomic E-state index is 11.7. The lowest BCUT2D eigenvalue weighted by Crippen LogP contribution is -2.32. The van der Waals surface area contributed by atoms with E-state index < -0.39 is 0 Å². The molecule has 4 heteroatoms. The number of hydrogen-bond acceptors (Lipinski definition) is 2. The standard InChI is InChI=1S/C13H24N2O2/c1-4-5-6-14-12(16)10-7-11(10)13(17)15-8-9(2)3/h9-11H,4-8H2,1-3H3,(H,14,16)(H,15,17). The van der Waals surface area contributed by atoms with E-state index in [0.717, 1.165) is 19.4 Å². The van der Waals surface area contributed by atoms with Gasteiger partial charge in [0, 0.05) is 13.1 Å². The van der Waals surface area contributed by atoms with Crippen molar-refractivity contribution in [3.63, 3.8) is 0 Å². The highest BCUT2D eigenvalue weighted by molar-refractivity contribution is 5.92. The van der Waals surface area contributed by atoms with Gasteiger partial charge in [0.15, 0.2) is 0 Å². The Labute approximate surface area is 104 Å². The number of amides is 2. The molecule has 4 nitrogen and oxygen atoms in total. The number of hydrogen-bond donors (Lipinski definition) is 2. The van der Waals surface area contributed by atoms with Crippen LogP contribution in [0.2, 0.25) is 0 Å². The van der Waals surface area contributed by atoms with E-state index in [-0.39, 0.29) is 23.7 Å². The zero-order valence-corrected chi connectivity index (χ0v) is 11.1. The van der Waals surface area contributed by atoms with Crippen LogP contribution in [0.25, 0.3) is 0 Å². The molecule has 0 heterocycles. The number of carbonyl (C=O) groups excluding carboxylic acids is 2. The molecule has 1 rings (SSSR count). The number of rotatable bonds is 7. The van der Waals surface area contributed by atoms with Crippen LogP contribution in [0.3, 0.4) is 0 Å². The fraction of sp³-hybridized carbons (Fsp3) is 0.846. The van der Waals surface area contributed by atoms with Crippen LogP contribution in [0.4, 0.5) is 0 Å². The summed E-state index contributed by atoms with van der Waals surface area (Å²) in [5.74, 6) is 0.362. The van der Waals surface area contributed by atoms with E-state index in [2.05, 4.69) is 31.4 Å². The van der Waals surface area contributed by atoms with Gasteiger partial charge >= 0.3 is 0 Å². The molecule has 0 aromatic heterocycles. The first-order chi connectivity index (χ1) is 8.06. The van der Waals surface area contributed by atoms with Gasteiger partial charge in [0.2, 0.25) is 11.8 Å². The van der Waals surface area contributed by atoms with E-state index >= 15 is 0 Å². The van der Waals surface area contributed by atoms with Crippen LogP contribution in [0.15, 0.2) is 0 Å². The molecule has 98 valence electrons. The highest BCUT2D eigenvalue weighted by atomic mass is 16.2. The van der Waals surface area contributed by atoms with E-state index in [0.29, 0.717) is 18.9 Å². The summed E-state index contributed by atoms with van der Waals surface area (Å²) < 4.78 is 0. The molecule has 2 N–H and O–H groups in total. The lowest BCUT2D eigenvalue weighted by atomic mass is 10.2. The summed E-state index contributed by atoms with van der Waals surface area (Å²) in [7, 11) is 0. The van der Waals surface area contributed by atoms with Crippen LogP contribution in [0.5, 0.6) is 0 Å². The van der Waals surface area contributed by atoms with Crippen molar-refractivity contribution in [3.8, 4) is 0 Å². The van der Waals surface area contributed by atoms with Gasteiger partial charge in [0.05, 0.1) is 11.8 Å². The Morgan fingerprint density at radius 3 is 2.29 bits per heavy atom. The zero-order chi connectivity index (χ0) is 12.8. The third-order valence-corrected chi connectivity index (χ3v) is 2.98. The summed E-state index contributed by atoms with van der Waals surface area (Å²) in [5, 5.41) is 5.75. The highest BCUT2D eigenvalue weighted by Gasteiger charge is 2.47. The van der Waals surface area contributed by atoms with E-state index in [1.165, 1.54) is 0 Å². The fourth-order valence-electron chi connectivity index (χ4n) is 1.73. The summed E-state index contributed by atoms with van der Waals surface area (Å²) in [4.78, 5) is 23.3. The first kappa shape index (κ1) is 14.0. The molecule has 0 spiro atoms. The topological polar surface area (TPSA) is 58.2 Å². The van der Waals surface area contributed by atoms with Crippen molar-refractivity contribution < 1.29 is 9.59 Å². The molecule has 0 saturated heterocycles. The van der Waals surface area contributed by atoms with Crippen LogP contribution in [-0.4, -0.2) is 24.9 Å². The second kappa shape index (κ2) is 6.62. The van der Waals surface area contributed by atoms with Gasteiger partial charge in [-0.15, -0.1) is 0 Å². The predicted octanol–water partition coefficient (Wildman–Crippen LogP) is 1.31. The Kier molecular flexibility index (Phi) is 5.45. The molecule has 1 fully saturated rings. The first-order valence-corrected chi connectivity index (χ1v) is 6.61. The van der Waals surface area contributed by atoms with Crippen molar-refractivity contribution >= 4 is 11.8 Å². The Morgan fingerprint density at radius 1 is 1.18 bits per heavy atom.